The molecule has 5 aliphatic rings. The molecule has 9 heteroatoms. The Hall–Kier alpha value is -1.36. The van der Waals surface area contributed by atoms with Gasteiger partial charge in [-0.3, -0.25) is 4.79 Å². The topological polar surface area (TPSA) is 154 Å². The van der Waals surface area contributed by atoms with Gasteiger partial charge in [0, 0.05) is 11.3 Å². The summed E-state index contributed by atoms with van der Waals surface area (Å²) in [5, 5.41) is 55.8. The predicted octanol–water partition coefficient (Wildman–Crippen LogP) is -1.95. The number of ketones is 1. The minimum absolute atomic E-state index is 0.183. The van der Waals surface area contributed by atoms with Crippen molar-refractivity contribution in [3.05, 3.63) is 11.6 Å². The van der Waals surface area contributed by atoms with Crippen molar-refractivity contribution in [1.82, 2.24) is 0 Å². The fourth-order valence-corrected chi connectivity index (χ4v) is 7.56. The van der Waals surface area contributed by atoms with Gasteiger partial charge in [-0.15, -0.1) is 0 Å². The quantitative estimate of drug-likeness (QED) is 0.287. The Morgan fingerprint density at radius 1 is 1.10 bits per heavy atom. The lowest BCUT2D eigenvalue weighted by Crippen LogP contribution is -2.86. The summed E-state index contributed by atoms with van der Waals surface area (Å²) in [6.07, 6.45) is -6.07. The summed E-state index contributed by atoms with van der Waals surface area (Å²) in [4.78, 5) is 25.0. The Balaban J connectivity index is 1.83. The summed E-state index contributed by atoms with van der Waals surface area (Å²) in [7, 11) is 0. The number of ether oxygens (including phenoxy) is 2. The van der Waals surface area contributed by atoms with Crippen LogP contribution in [-0.4, -0.2) is 85.6 Å². The minimum Gasteiger partial charge on any atom is -0.460 e. The number of allylic oxidation sites excluding steroid dienone is 1. The molecular formula is C20H26O9. The molecule has 0 aromatic carbocycles. The van der Waals surface area contributed by atoms with Gasteiger partial charge in [0.15, 0.2) is 11.9 Å². The summed E-state index contributed by atoms with van der Waals surface area (Å²) in [5.74, 6) is -3.08. The maximum atomic E-state index is 12.5. The monoisotopic (exact) mass is 410 g/mol. The number of hydrogen-bond donors (Lipinski definition) is 5. The first-order valence-electron chi connectivity index (χ1n) is 9.90. The molecule has 3 aliphatic carbocycles. The van der Waals surface area contributed by atoms with Crippen LogP contribution in [0.3, 0.4) is 0 Å². The molecule has 11 atom stereocenters. The number of aliphatic hydroxyl groups is 5. The Morgan fingerprint density at radius 3 is 2.41 bits per heavy atom. The van der Waals surface area contributed by atoms with Crippen LogP contribution in [0.5, 0.6) is 0 Å². The molecule has 2 saturated carbocycles. The smallest absolute Gasteiger partial charge is 0.338 e. The van der Waals surface area contributed by atoms with Gasteiger partial charge in [-0.1, -0.05) is 12.5 Å². The van der Waals surface area contributed by atoms with Gasteiger partial charge in [0.05, 0.1) is 18.1 Å². The lowest BCUT2D eigenvalue weighted by atomic mass is 9.36. The molecule has 0 aromatic heterocycles. The first-order valence-corrected chi connectivity index (χ1v) is 9.90. The number of hydrogen-bond acceptors (Lipinski definition) is 9. The Labute approximate surface area is 166 Å². The number of rotatable bonds is 0. The molecule has 0 amide bonds. The zero-order chi connectivity index (χ0) is 21.3. The fraction of sp³-hybridized carbons (Fsp3) is 0.800. The first-order chi connectivity index (χ1) is 13.4. The Kier molecular flexibility index (Phi) is 3.56. The molecule has 9 nitrogen and oxygen atoms in total. The van der Waals surface area contributed by atoms with Crippen molar-refractivity contribution in [2.24, 2.45) is 22.7 Å². The average Bonchev–Trinajstić information content (AvgIpc) is 2.85. The standard InChI is InChI=1S/C20H26O9/c1-7-4-9(21)13(23)17(2)8(7)5-10-19-6-28-18(3,14(24)11(22)12(17)19)20(19,27)15(25)16(26)29-10/h4,8,10-15,22-25,27H,5-6H2,1-3H3/t8-,10+,11+,12+,13-,14-,15-,17+,18+,19+,20+/m0/s1. The normalized spacial score (nSPS) is 60.8. The molecule has 0 unspecified atom stereocenters. The SMILES string of the molecule is CC1=CC(=O)[C@H](O)[C@@]2(C)[C@H]3[C@@H](O)[C@H](O)[C@@]4(C)OC[C@@]35[C@@H](C[C@@H]12)OC(=O)[C@H](O)[C@]54O. The Bertz CT molecular complexity index is 855. The summed E-state index contributed by atoms with van der Waals surface area (Å²) in [5.41, 5.74) is -6.22. The van der Waals surface area contributed by atoms with Gasteiger partial charge in [-0.2, -0.15) is 0 Å². The highest BCUT2D eigenvalue weighted by Gasteiger charge is 2.88. The van der Waals surface area contributed by atoms with Gasteiger partial charge in [0.1, 0.15) is 29.5 Å². The third kappa shape index (κ3) is 1.70. The van der Waals surface area contributed by atoms with Crippen molar-refractivity contribution in [3.8, 4) is 0 Å². The molecule has 2 aliphatic heterocycles. The van der Waals surface area contributed by atoms with E-state index in [0.29, 0.717) is 5.57 Å². The van der Waals surface area contributed by atoms with Gasteiger partial charge in [0.25, 0.3) is 0 Å². The number of esters is 1. The maximum Gasteiger partial charge on any atom is 0.338 e. The predicted molar refractivity (Wildman–Crippen MR) is 94.1 cm³/mol. The summed E-state index contributed by atoms with van der Waals surface area (Å²) < 4.78 is 11.4. The second-order valence-electron chi connectivity index (χ2n) is 9.79. The highest BCUT2D eigenvalue weighted by molar-refractivity contribution is 5.96. The number of fused-ring (bicyclic) bond motifs is 2. The summed E-state index contributed by atoms with van der Waals surface area (Å²) in [6.45, 7) is 4.52. The van der Waals surface area contributed by atoms with Crippen LogP contribution < -0.4 is 0 Å². The largest absolute Gasteiger partial charge is 0.460 e. The summed E-state index contributed by atoms with van der Waals surface area (Å²) >= 11 is 0. The second kappa shape index (κ2) is 5.27. The van der Waals surface area contributed by atoms with Crippen LogP contribution in [0.4, 0.5) is 0 Å². The van der Waals surface area contributed by atoms with E-state index in [1.807, 2.05) is 0 Å². The molecule has 1 spiro atoms. The molecule has 29 heavy (non-hydrogen) atoms. The van der Waals surface area contributed by atoms with E-state index in [9.17, 15) is 35.1 Å². The lowest BCUT2D eigenvalue weighted by molar-refractivity contribution is -0.351. The van der Waals surface area contributed by atoms with Crippen LogP contribution in [0.1, 0.15) is 27.2 Å². The molecule has 5 rings (SSSR count). The number of carbonyl (C=O) groups excluding carboxylic acids is 2. The molecule has 2 bridgehead atoms. The highest BCUT2D eigenvalue weighted by atomic mass is 16.6. The molecule has 0 radical (unpaired) electrons. The van der Waals surface area contributed by atoms with E-state index in [1.165, 1.54) is 13.0 Å². The van der Waals surface area contributed by atoms with Gasteiger partial charge >= 0.3 is 5.97 Å². The van der Waals surface area contributed by atoms with Gasteiger partial charge in [-0.05, 0) is 32.3 Å². The van der Waals surface area contributed by atoms with E-state index in [4.69, 9.17) is 9.47 Å². The van der Waals surface area contributed by atoms with E-state index >= 15 is 0 Å². The molecule has 4 fully saturated rings. The molecule has 2 saturated heterocycles. The van der Waals surface area contributed by atoms with Crippen LogP contribution in [0.25, 0.3) is 0 Å². The molecule has 0 aromatic rings. The third-order valence-electron chi connectivity index (χ3n) is 8.96. The first kappa shape index (κ1) is 19.6. The molecular weight excluding hydrogens is 384 g/mol. The van der Waals surface area contributed by atoms with Crippen molar-refractivity contribution in [1.29, 1.82) is 0 Å². The van der Waals surface area contributed by atoms with Crippen molar-refractivity contribution in [3.63, 3.8) is 0 Å². The van der Waals surface area contributed by atoms with Gasteiger partial charge in [0.2, 0.25) is 0 Å². The van der Waals surface area contributed by atoms with Crippen molar-refractivity contribution >= 4 is 11.8 Å². The number of carbonyl (C=O) groups is 2. The van der Waals surface area contributed by atoms with E-state index in [2.05, 4.69) is 0 Å². The zero-order valence-corrected chi connectivity index (χ0v) is 16.4. The summed E-state index contributed by atoms with van der Waals surface area (Å²) in [6, 6.07) is 0. The van der Waals surface area contributed by atoms with E-state index < -0.39 is 76.1 Å². The second-order valence-corrected chi connectivity index (χ2v) is 9.79. The van der Waals surface area contributed by atoms with E-state index in [-0.39, 0.29) is 13.0 Å². The number of aliphatic hydroxyl groups excluding tert-OH is 4. The van der Waals surface area contributed by atoms with Crippen LogP contribution in [0, 0.1) is 22.7 Å². The molecule has 2 heterocycles. The van der Waals surface area contributed by atoms with Crippen LogP contribution in [0.2, 0.25) is 0 Å². The third-order valence-corrected chi connectivity index (χ3v) is 8.96. The van der Waals surface area contributed by atoms with E-state index in [0.717, 1.165) is 0 Å². The van der Waals surface area contributed by atoms with Gasteiger partial charge in [-0.25, -0.2) is 4.79 Å². The lowest BCUT2D eigenvalue weighted by Gasteiger charge is -2.70. The van der Waals surface area contributed by atoms with Crippen LogP contribution in [-0.2, 0) is 19.1 Å². The van der Waals surface area contributed by atoms with Crippen molar-refractivity contribution in [2.75, 3.05) is 6.61 Å². The maximum absolute atomic E-state index is 12.5. The molecule has 160 valence electrons. The zero-order valence-electron chi connectivity index (χ0n) is 16.4. The van der Waals surface area contributed by atoms with Crippen LogP contribution in [0.15, 0.2) is 11.6 Å². The average molecular weight is 410 g/mol. The minimum atomic E-state index is -2.27. The fourth-order valence-electron chi connectivity index (χ4n) is 7.56. The highest BCUT2D eigenvalue weighted by Crippen LogP contribution is 2.73. The molecule has 5 N–H and O–H groups in total. The van der Waals surface area contributed by atoms with Crippen LogP contribution >= 0.6 is 0 Å². The van der Waals surface area contributed by atoms with Crippen molar-refractivity contribution < 1.29 is 44.6 Å². The van der Waals surface area contributed by atoms with Gasteiger partial charge < -0.3 is 35.0 Å². The van der Waals surface area contributed by atoms with E-state index in [1.54, 1.807) is 13.8 Å². The van der Waals surface area contributed by atoms with Crippen molar-refractivity contribution in [2.45, 2.75) is 68.9 Å². The Morgan fingerprint density at radius 2 is 1.76 bits per heavy atom.